The third kappa shape index (κ3) is 6.08. The first-order chi connectivity index (χ1) is 14.0. The molecule has 29 heavy (non-hydrogen) atoms. The van der Waals surface area contributed by atoms with Crippen molar-refractivity contribution in [2.45, 2.75) is 19.4 Å². The molecule has 1 aromatic heterocycles. The summed E-state index contributed by atoms with van der Waals surface area (Å²) in [5.74, 6) is -0.281. The first kappa shape index (κ1) is 20.4. The molecule has 0 aliphatic carbocycles. The van der Waals surface area contributed by atoms with Crippen molar-refractivity contribution in [1.82, 2.24) is 15.5 Å². The van der Waals surface area contributed by atoms with Gasteiger partial charge in [0.25, 0.3) is 5.91 Å². The lowest BCUT2D eigenvalue weighted by Gasteiger charge is -2.04. The number of ether oxygens (including phenoxy) is 1. The van der Waals surface area contributed by atoms with E-state index in [9.17, 15) is 14.0 Å². The molecule has 1 heterocycles. The zero-order valence-electron chi connectivity index (χ0n) is 15.6. The Balaban J connectivity index is 1.45. The van der Waals surface area contributed by atoms with Gasteiger partial charge < -0.3 is 15.4 Å². The topological polar surface area (TPSA) is 93.2 Å². The Hall–Kier alpha value is -3.33. The van der Waals surface area contributed by atoms with Gasteiger partial charge in [0.05, 0.1) is 13.7 Å². The van der Waals surface area contributed by atoms with Crippen molar-refractivity contribution >= 4 is 28.8 Å². The fourth-order valence-corrected chi connectivity index (χ4v) is 3.15. The lowest BCUT2D eigenvalue weighted by molar-refractivity contribution is -0.121. The van der Waals surface area contributed by atoms with Crippen molar-refractivity contribution in [2.75, 3.05) is 12.4 Å². The zero-order chi connectivity index (χ0) is 20.6. The van der Waals surface area contributed by atoms with E-state index in [0.29, 0.717) is 23.5 Å². The Labute approximate surface area is 170 Å². The molecule has 0 bridgehead atoms. The third-order valence-electron chi connectivity index (χ3n) is 3.98. The summed E-state index contributed by atoms with van der Waals surface area (Å²) in [6.07, 6.45) is 0.936. The Morgan fingerprint density at radius 3 is 2.66 bits per heavy atom. The Kier molecular flexibility index (Phi) is 6.85. The van der Waals surface area contributed by atoms with Gasteiger partial charge in [-0.05, 0) is 42.3 Å². The molecule has 3 rings (SSSR count). The summed E-state index contributed by atoms with van der Waals surface area (Å²) in [5.41, 5.74) is 1.37. The van der Waals surface area contributed by atoms with E-state index in [1.807, 2.05) is 24.3 Å². The van der Waals surface area contributed by atoms with Crippen LogP contribution in [0.15, 0.2) is 48.5 Å². The maximum Gasteiger partial charge on any atom is 0.286 e. The van der Waals surface area contributed by atoms with Crippen LogP contribution in [0.4, 0.5) is 10.1 Å². The van der Waals surface area contributed by atoms with Gasteiger partial charge in [0.15, 0.2) is 0 Å². The monoisotopic (exact) mass is 414 g/mol. The van der Waals surface area contributed by atoms with Crippen LogP contribution in [0.25, 0.3) is 0 Å². The van der Waals surface area contributed by atoms with Gasteiger partial charge >= 0.3 is 0 Å². The quantitative estimate of drug-likeness (QED) is 0.591. The van der Waals surface area contributed by atoms with Gasteiger partial charge in [-0.3, -0.25) is 9.59 Å². The van der Waals surface area contributed by atoms with Gasteiger partial charge in [0, 0.05) is 12.1 Å². The second-order valence-electron chi connectivity index (χ2n) is 6.09. The van der Waals surface area contributed by atoms with E-state index in [4.69, 9.17) is 4.74 Å². The molecule has 0 atom stereocenters. The number of aromatic nitrogens is 2. The maximum atomic E-state index is 13.2. The minimum absolute atomic E-state index is 0.123. The second-order valence-corrected chi connectivity index (χ2v) is 7.15. The van der Waals surface area contributed by atoms with Crippen molar-refractivity contribution in [2.24, 2.45) is 0 Å². The molecule has 9 heteroatoms. The van der Waals surface area contributed by atoms with Crippen LogP contribution in [0, 0.1) is 5.82 Å². The standard InChI is InChI=1S/C20H19FN4O3S/c1-28-16-8-5-13(6-9-16)7-10-17(26)22-12-18-24-25-20(29-18)19(27)23-15-4-2-3-14(21)11-15/h2-6,8-9,11H,7,10,12H2,1H3,(H,22,26)(H,23,27). The highest BCUT2D eigenvalue weighted by Crippen LogP contribution is 2.15. The van der Waals surface area contributed by atoms with Gasteiger partial charge in [-0.1, -0.05) is 29.5 Å². The van der Waals surface area contributed by atoms with Crippen LogP contribution in [0.2, 0.25) is 0 Å². The minimum atomic E-state index is -0.481. The van der Waals surface area contributed by atoms with Crippen LogP contribution in [-0.2, 0) is 17.8 Å². The molecule has 2 aromatic carbocycles. The number of carbonyl (C=O) groups excluding carboxylic acids is 2. The van der Waals surface area contributed by atoms with E-state index in [-0.39, 0.29) is 17.5 Å². The molecule has 0 radical (unpaired) electrons. The summed E-state index contributed by atoms with van der Waals surface area (Å²) >= 11 is 1.07. The summed E-state index contributed by atoms with van der Waals surface area (Å²) in [7, 11) is 1.60. The first-order valence-corrected chi connectivity index (χ1v) is 9.64. The minimum Gasteiger partial charge on any atom is -0.497 e. The Morgan fingerprint density at radius 2 is 1.93 bits per heavy atom. The molecule has 0 fully saturated rings. The Morgan fingerprint density at radius 1 is 1.14 bits per heavy atom. The van der Waals surface area contributed by atoms with E-state index >= 15 is 0 Å². The molecular weight excluding hydrogens is 395 g/mol. The molecule has 3 aromatic rings. The van der Waals surface area contributed by atoms with Crippen molar-refractivity contribution < 1.29 is 18.7 Å². The summed E-state index contributed by atoms with van der Waals surface area (Å²) in [5, 5.41) is 13.7. The molecule has 0 aliphatic heterocycles. The number of hydrogen-bond donors (Lipinski definition) is 2. The molecule has 2 N–H and O–H groups in total. The number of halogens is 1. The number of nitrogens with zero attached hydrogens (tertiary/aromatic N) is 2. The van der Waals surface area contributed by atoms with Gasteiger partial charge in [-0.25, -0.2) is 4.39 Å². The number of rotatable bonds is 8. The van der Waals surface area contributed by atoms with Crippen molar-refractivity contribution in [3.8, 4) is 5.75 Å². The average Bonchev–Trinajstić information content (AvgIpc) is 3.20. The molecule has 7 nitrogen and oxygen atoms in total. The fraction of sp³-hybridized carbons (Fsp3) is 0.200. The van der Waals surface area contributed by atoms with Gasteiger partial charge in [-0.2, -0.15) is 0 Å². The normalized spacial score (nSPS) is 10.4. The van der Waals surface area contributed by atoms with E-state index in [1.54, 1.807) is 13.2 Å². The van der Waals surface area contributed by atoms with E-state index < -0.39 is 11.7 Å². The largest absolute Gasteiger partial charge is 0.497 e. The highest BCUT2D eigenvalue weighted by Gasteiger charge is 2.14. The molecule has 0 unspecified atom stereocenters. The first-order valence-electron chi connectivity index (χ1n) is 8.82. The van der Waals surface area contributed by atoms with Crippen LogP contribution < -0.4 is 15.4 Å². The van der Waals surface area contributed by atoms with E-state index in [1.165, 1.54) is 18.2 Å². The van der Waals surface area contributed by atoms with Crippen LogP contribution in [0.3, 0.4) is 0 Å². The van der Waals surface area contributed by atoms with Gasteiger partial charge in [-0.15, -0.1) is 10.2 Å². The maximum absolute atomic E-state index is 13.2. The smallest absolute Gasteiger partial charge is 0.286 e. The highest BCUT2D eigenvalue weighted by molar-refractivity contribution is 7.13. The van der Waals surface area contributed by atoms with E-state index in [2.05, 4.69) is 20.8 Å². The molecular formula is C20H19FN4O3S. The van der Waals surface area contributed by atoms with Crippen molar-refractivity contribution in [3.63, 3.8) is 0 Å². The molecule has 0 saturated heterocycles. The number of anilines is 1. The molecule has 0 spiro atoms. The fourth-order valence-electron chi connectivity index (χ4n) is 2.48. The number of amides is 2. The lowest BCUT2D eigenvalue weighted by Crippen LogP contribution is -2.22. The van der Waals surface area contributed by atoms with Crippen LogP contribution in [-0.4, -0.2) is 29.1 Å². The summed E-state index contributed by atoms with van der Waals surface area (Å²) in [6, 6.07) is 13.1. The van der Waals surface area contributed by atoms with Crippen LogP contribution in [0.1, 0.15) is 26.8 Å². The number of hydrogen-bond acceptors (Lipinski definition) is 6. The predicted molar refractivity (Wildman–Crippen MR) is 107 cm³/mol. The number of methoxy groups -OCH3 is 1. The number of nitrogens with one attached hydrogen (secondary N) is 2. The predicted octanol–water partition coefficient (Wildman–Crippen LogP) is 3.19. The number of carbonyl (C=O) groups is 2. The lowest BCUT2D eigenvalue weighted by atomic mass is 10.1. The van der Waals surface area contributed by atoms with Crippen LogP contribution in [0.5, 0.6) is 5.75 Å². The van der Waals surface area contributed by atoms with Crippen molar-refractivity contribution in [3.05, 3.63) is 69.9 Å². The average molecular weight is 414 g/mol. The Bertz CT molecular complexity index is 991. The SMILES string of the molecule is COc1ccc(CCC(=O)NCc2nnc(C(=O)Nc3cccc(F)c3)s2)cc1. The summed E-state index contributed by atoms with van der Waals surface area (Å²) < 4.78 is 18.3. The molecule has 2 amide bonds. The molecule has 0 saturated carbocycles. The number of benzene rings is 2. The summed E-state index contributed by atoms with van der Waals surface area (Å²) in [4.78, 5) is 24.2. The van der Waals surface area contributed by atoms with Gasteiger partial charge in [0.2, 0.25) is 10.9 Å². The van der Waals surface area contributed by atoms with Gasteiger partial charge in [0.1, 0.15) is 16.6 Å². The molecule has 150 valence electrons. The molecule has 0 aliphatic rings. The second kappa shape index (κ2) is 9.74. The summed E-state index contributed by atoms with van der Waals surface area (Å²) in [6.45, 7) is 0.187. The zero-order valence-corrected chi connectivity index (χ0v) is 16.5. The van der Waals surface area contributed by atoms with E-state index in [0.717, 1.165) is 22.6 Å². The highest BCUT2D eigenvalue weighted by atomic mass is 32.1. The number of aryl methyl sites for hydroxylation is 1. The van der Waals surface area contributed by atoms with Crippen molar-refractivity contribution in [1.29, 1.82) is 0 Å². The van der Waals surface area contributed by atoms with Crippen LogP contribution >= 0.6 is 11.3 Å². The third-order valence-corrected chi connectivity index (χ3v) is 4.90.